The second-order valence-electron chi connectivity index (χ2n) is 3.89. The molecular weight excluding hydrogens is 297 g/mol. The van der Waals surface area contributed by atoms with Crippen molar-refractivity contribution < 1.29 is 22.7 Å². The summed E-state index contributed by atoms with van der Waals surface area (Å²) in [4.78, 5) is 11.4. The van der Waals surface area contributed by atoms with E-state index in [9.17, 15) is 18.0 Å². The average molecular weight is 311 g/mol. The van der Waals surface area contributed by atoms with E-state index in [2.05, 4.69) is 10.6 Å². The topological polar surface area (TPSA) is 50.4 Å². The van der Waals surface area contributed by atoms with Crippen LogP contribution in [0.2, 0.25) is 5.02 Å². The lowest BCUT2D eigenvalue weighted by Crippen LogP contribution is -2.32. The number of carbonyl (C=O) groups is 1. The van der Waals surface area contributed by atoms with Gasteiger partial charge in [-0.25, -0.2) is 0 Å². The molecule has 0 saturated heterocycles. The number of hydrogen-bond acceptors (Lipinski definition) is 3. The first kappa shape index (κ1) is 16.6. The Kier molecular flexibility index (Phi) is 6.09. The zero-order chi connectivity index (χ0) is 15.2. The summed E-state index contributed by atoms with van der Waals surface area (Å²) in [6.45, 7) is 0.652. The van der Waals surface area contributed by atoms with Crippen molar-refractivity contribution in [2.24, 2.45) is 0 Å². The van der Waals surface area contributed by atoms with Crippen molar-refractivity contribution >= 4 is 23.2 Å². The first-order valence-corrected chi connectivity index (χ1v) is 6.08. The van der Waals surface area contributed by atoms with E-state index in [1.165, 1.54) is 13.2 Å². The number of alkyl halides is 3. The van der Waals surface area contributed by atoms with E-state index in [4.69, 9.17) is 16.3 Å². The fraction of sp³-hybridized carbons (Fsp3) is 0.417. The molecule has 0 saturated carbocycles. The molecule has 0 aliphatic carbocycles. The molecule has 1 rings (SSSR count). The highest BCUT2D eigenvalue weighted by molar-refractivity contribution is 6.33. The maximum absolute atomic E-state index is 12.4. The summed E-state index contributed by atoms with van der Waals surface area (Å²) in [5, 5.41) is 5.13. The SMILES string of the molecule is COCCNC(=O)CNc1ccc(C(F)(F)F)cc1Cl. The first-order valence-electron chi connectivity index (χ1n) is 5.71. The maximum atomic E-state index is 12.4. The number of carbonyl (C=O) groups excluding carboxylic acids is 1. The van der Waals surface area contributed by atoms with Crippen LogP contribution < -0.4 is 10.6 Å². The molecule has 0 spiro atoms. The van der Waals surface area contributed by atoms with Crippen LogP contribution in [0.15, 0.2) is 18.2 Å². The standard InChI is InChI=1S/C12H14ClF3N2O2/c1-20-5-4-17-11(19)7-18-10-3-2-8(6-9(10)13)12(14,15)16/h2-3,6,18H,4-5,7H2,1H3,(H,17,19). The summed E-state index contributed by atoms with van der Waals surface area (Å²) in [6, 6.07) is 2.90. The van der Waals surface area contributed by atoms with Crippen LogP contribution in [0.4, 0.5) is 18.9 Å². The molecule has 8 heteroatoms. The Hall–Kier alpha value is -1.47. The number of methoxy groups -OCH3 is 1. The smallest absolute Gasteiger partial charge is 0.383 e. The van der Waals surface area contributed by atoms with Crippen LogP contribution in [0.3, 0.4) is 0 Å². The number of hydrogen-bond donors (Lipinski definition) is 2. The van der Waals surface area contributed by atoms with Crippen LogP contribution in [0.1, 0.15) is 5.56 Å². The maximum Gasteiger partial charge on any atom is 0.416 e. The highest BCUT2D eigenvalue weighted by Crippen LogP contribution is 2.33. The van der Waals surface area contributed by atoms with E-state index in [-0.39, 0.29) is 23.2 Å². The van der Waals surface area contributed by atoms with Crippen molar-refractivity contribution in [2.75, 3.05) is 32.1 Å². The number of anilines is 1. The average Bonchev–Trinajstić information content (AvgIpc) is 2.36. The lowest BCUT2D eigenvalue weighted by atomic mass is 10.2. The number of halogens is 4. The Bertz CT molecular complexity index is 467. The molecule has 1 aromatic rings. The monoisotopic (exact) mass is 310 g/mol. The van der Waals surface area contributed by atoms with Gasteiger partial charge in [-0.2, -0.15) is 13.2 Å². The summed E-state index contributed by atoms with van der Waals surface area (Å²) in [7, 11) is 1.51. The van der Waals surface area contributed by atoms with Crippen molar-refractivity contribution in [3.8, 4) is 0 Å². The van der Waals surface area contributed by atoms with Crippen LogP contribution in [0.25, 0.3) is 0 Å². The van der Waals surface area contributed by atoms with Gasteiger partial charge in [0.1, 0.15) is 0 Å². The van der Waals surface area contributed by atoms with E-state index in [0.29, 0.717) is 13.2 Å². The third kappa shape index (κ3) is 5.26. The van der Waals surface area contributed by atoms with Crippen LogP contribution in [-0.2, 0) is 15.7 Å². The van der Waals surface area contributed by atoms with Gasteiger partial charge >= 0.3 is 6.18 Å². The Labute approximate surface area is 119 Å². The molecule has 0 aliphatic heterocycles. The minimum Gasteiger partial charge on any atom is -0.383 e. The van der Waals surface area contributed by atoms with Crippen molar-refractivity contribution in [2.45, 2.75) is 6.18 Å². The van der Waals surface area contributed by atoms with Gasteiger partial charge in [-0.3, -0.25) is 4.79 Å². The molecule has 0 unspecified atom stereocenters. The van der Waals surface area contributed by atoms with E-state index < -0.39 is 11.7 Å². The number of ether oxygens (including phenoxy) is 1. The van der Waals surface area contributed by atoms with Gasteiger partial charge in [0.2, 0.25) is 5.91 Å². The number of rotatable bonds is 6. The largest absolute Gasteiger partial charge is 0.416 e. The molecule has 112 valence electrons. The third-order valence-corrected chi connectivity index (χ3v) is 2.68. The van der Waals surface area contributed by atoms with Gasteiger partial charge in [0.15, 0.2) is 0 Å². The highest BCUT2D eigenvalue weighted by Gasteiger charge is 2.30. The predicted molar refractivity (Wildman–Crippen MR) is 69.8 cm³/mol. The molecule has 1 amide bonds. The Morgan fingerprint density at radius 3 is 2.65 bits per heavy atom. The van der Waals surface area contributed by atoms with Crippen LogP contribution in [0, 0.1) is 0 Å². The molecule has 0 heterocycles. The van der Waals surface area contributed by atoms with Crippen LogP contribution in [0.5, 0.6) is 0 Å². The van der Waals surface area contributed by atoms with Gasteiger partial charge in [0.05, 0.1) is 29.4 Å². The highest BCUT2D eigenvalue weighted by atomic mass is 35.5. The van der Waals surface area contributed by atoms with Crippen molar-refractivity contribution in [1.82, 2.24) is 5.32 Å². The van der Waals surface area contributed by atoms with E-state index in [1.807, 2.05) is 0 Å². The van der Waals surface area contributed by atoms with Gasteiger partial charge in [0.25, 0.3) is 0 Å². The molecular formula is C12H14ClF3N2O2. The van der Waals surface area contributed by atoms with Gasteiger partial charge in [-0.1, -0.05) is 11.6 Å². The zero-order valence-corrected chi connectivity index (χ0v) is 11.4. The Balaban J connectivity index is 2.55. The number of amides is 1. The second kappa shape index (κ2) is 7.35. The van der Waals surface area contributed by atoms with Gasteiger partial charge in [-0.05, 0) is 18.2 Å². The molecule has 0 aromatic heterocycles. The van der Waals surface area contributed by atoms with Crippen molar-refractivity contribution in [3.05, 3.63) is 28.8 Å². The predicted octanol–water partition coefficient (Wildman–Crippen LogP) is 2.53. The van der Waals surface area contributed by atoms with Crippen LogP contribution in [-0.4, -0.2) is 32.7 Å². The molecule has 0 bridgehead atoms. The van der Waals surface area contributed by atoms with Gasteiger partial charge < -0.3 is 15.4 Å². The van der Waals surface area contributed by atoms with Crippen LogP contribution >= 0.6 is 11.6 Å². The fourth-order valence-corrected chi connectivity index (χ4v) is 1.61. The minimum absolute atomic E-state index is 0.0885. The summed E-state index contributed by atoms with van der Waals surface area (Å²) in [5.74, 6) is -0.307. The molecule has 2 N–H and O–H groups in total. The second-order valence-corrected chi connectivity index (χ2v) is 4.30. The number of nitrogens with one attached hydrogen (secondary N) is 2. The van der Waals surface area contributed by atoms with Crippen molar-refractivity contribution in [1.29, 1.82) is 0 Å². The van der Waals surface area contributed by atoms with E-state index >= 15 is 0 Å². The molecule has 0 atom stereocenters. The lowest BCUT2D eigenvalue weighted by molar-refractivity contribution is -0.137. The fourth-order valence-electron chi connectivity index (χ4n) is 1.37. The normalized spacial score (nSPS) is 11.2. The number of benzene rings is 1. The summed E-state index contributed by atoms with van der Waals surface area (Å²) in [6.07, 6.45) is -4.44. The summed E-state index contributed by atoms with van der Waals surface area (Å²) < 4.78 is 42.1. The lowest BCUT2D eigenvalue weighted by Gasteiger charge is -2.11. The Morgan fingerprint density at radius 2 is 2.10 bits per heavy atom. The molecule has 0 radical (unpaired) electrons. The summed E-state index contributed by atoms with van der Waals surface area (Å²) >= 11 is 5.73. The molecule has 4 nitrogen and oxygen atoms in total. The summed E-state index contributed by atoms with van der Waals surface area (Å²) in [5.41, 5.74) is -0.570. The third-order valence-electron chi connectivity index (χ3n) is 2.36. The van der Waals surface area contributed by atoms with Gasteiger partial charge in [0, 0.05) is 13.7 Å². The molecule has 0 fully saturated rings. The molecule has 1 aromatic carbocycles. The molecule has 0 aliphatic rings. The quantitative estimate of drug-likeness (QED) is 0.794. The van der Waals surface area contributed by atoms with Crippen molar-refractivity contribution in [3.63, 3.8) is 0 Å². The van der Waals surface area contributed by atoms with Gasteiger partial charge in [-0.15, -0.1) is 0 Å². The zero-order valence-electron chi connectivity index (χ0n) is 10.7. The Morgan fingerprint density at radius 1 is 1.40 bits per heavy atom. The van der Waals surface area contributed by atoms with E-state index in [1.54, 1.807) is 0 Å². The molecule has 20 heavy (non-hydrogen) atoms. The van der Waals surface area contributed by atoms with E-state index in [0.717, 1.165) is 12.1 Å². The minimum atomic E-state index is -4.44. The first-order chi connectivity index (χ1) is 9.34.